The van der Waals surface area contributed by atoms with Gasteiger partial charge in [0.25, 0.3) is 0 Å². The molecule has 15 heavy (non-hydrogen) atoms. The monoisotopic (exact) mass is 212 g/mol. The second-order valence-corrected chi connectivity index (χ2v) is 5.80. The van der Waals surface area contributed by atoms with Gasteiger partial charge in [-0.25, -0.2) is 0 Å². The van der Waals surface area contributed by atoms with Crippen LogP contribution in [0.5, 0.6) is 0 Å². The van der Waals surface area contributed by atoms with E-state index in [0.717, 1.165) is 25.2 Å². The molecule has 2 aliphatic rings. The third-order valence-electron chi connectivity index (χ3n) is 4.23. The molecule has 0 spiro atoms. The lowest BCUT2D eigenvalue weighted by Crippen LogP contribution is -2.44. The summed E-state index contributed by atoms with van der Waals surface area (Å²) in [5, 5.41) is 9.26. The minimum Gasteiger partial charge on any atom is -0.394 e. The molecule has 2 rings (SSSR count). The number of hydrogen-bond acceptors (Lipinski definition) is 3. The van der Waals surface area contributed by atoms with Gasteiger partial charge in [-0.2, -0.15) is 0 Å². The van der Waals surface area contributed by atoms with Crippen molar-refractivity contribution in [3.05, 3.63) is 0 Å². The first-order chi connectivity index (χ1) is 7.04. The molecule has 1 aliphatic carbocycles. The Hall–Kier alpha value is -0.120. The number of nitrogens with zero attached hydrogens (tertiary/aromatic N) is 1. The Balaban J connectivity index is 1.96. The molecule has 1 heterocycles. The van der Waals surface area contributed by atoms with Gasteiger partial charge in [-0.05, 0) is 38.5 Å². The molecule has 1 aliphatic heterocycles. The summed E-state index contributed by atoms with van der Waals surface area (Å²) in [5.41, 5.74) is 5.82. The highest BCUT2D eigenvalue weighted by molar-refractivity contribution is 4.99. The molecule has 2 fully saturated rings. The van der Waals surface area contributed by atoms with Crippen molar-refractivity contribution in [2.24, 2.45) is 11.7 Å². The topological polar surface area (TPSA) is 49.5 Å². The van der Waals surface area contributed by atoms with Gasteiger partial charge in [0.2, 0.25) is 0 Å². The first kappa shape index (κ1) is 11.4. The maximum absolute atomic E-state index is 9.26. The van der Waals surface area contributed by atoms with Crippen molar-refractivity contribution in [3.8, 4) is 0 Å². The van der Waals surface area contributed by atoms with Crippen LogP contribution in [0.3, 0.4) is 0 Å². The quantitative estimate of drug-likeness (QED) is 0.717. The molecule has 4 unspecified atom stereocenters. The van der Waals surface area contributed by atoms with Crippen LogP contribution in [-0.4, -0.2) is 40.8 Å². The molecule has 0 aromatic carbocycles. The molecular formula is C12H24N2O. The van der Waals surface area contributed by atoms with Crippen molar-refractivity contribution in [1.29, 1.82) is 0 Å². The predicted octanol–water partition coefficient (Wildman–Crippen LogP) is 0.959. The standard InChI is InChI=1S/C12H24N2O/c1-9-5-10(2)14(7-9)11-3-4-12(13,6-11)8-15/h9-11,15H,3-8,13H2,1-2H3. The average molecular weight is 212 g/mol. The number of aliphatic hydroxyl groups excluding tert-OH is 1. The number of likely N-dealkylation sites (tertiary alicyclic amines) is 1. The van der Waals surface area contributed by atoms with Gasteiger partial charge >= 0.3 is 0 Å². The van der Waals surface area contributed by atoms with Crippen molar-refractivity contribution in [2.75, 3.05) is 13.2 Å². The molecule has 1 saturated heterocycles. The van der Waals surface area contributed by atoms with Crippen LogP contribution in [0.15, 0.2) is 0 Å². The molecular weight excluding hydrogens is 188 g/mol. The number of aliphatic hydroxyl groups is 1. The summed E-state index contributed by atoms with van der Waals surface area (Å²) in [6.45, 7) is 6.00. The van der Waals surface area contributed by atoms with Crippen molar-refractivity contribution in [2.45, 2.75) is 57.2 Å². The summed E-state index contributed by atoms with van der Waals surface area (Å²) in [6, 6.07) is 1.31. The van der Waals surface area contributed by atoms with Crippen LogP contribution in [0, 0.1) is 5.92 Å². The fourth-order valence-corrected chi connectivity index (χ4v) is 3.40. The van der Waals surface area contributed by atoms with E-state index in [9.17, 15) is 5.11 Å². The van der Waals surface area contributed by atoms with Gasteiger partial charge in [0.1, 0.15) is 0 Å². The van der Waals surface area contributed by atoms with Gasteiger partial charge in [-0.1, -0.05) is 6.92 Å². The second kappa shape index (κ2) is 4.04. The van der Waals surface area contributed by atoms with E-state index in [1.54, 1.807) is 0 Å². The van der Waals surface area contributed by atoms with Crippen molar-refractivity contribution in [3.63, 3.8) is 0 Å². The van der Waals surface area contributed by atoms with Crippen LogP contribution in [0.1, 0.15) is 39.5 Å². The SMILES string of the molecule is CC1CC(C)N(C2CCC(N)(CO)C2)C1. The lowest BCUT2D eigenvalue weighted by molar-refractivity contribution is 0.160. The maximum atomic E-state index is 9.26. The highest BCUT2D eigenvalue weighted by Gasteiger charge is 2.41. The van der Waals surface area contributed by atoms with Crippen LogP contribution >= 0.6 is 0 Å². The number of hydrogen-bond donors (Lipinski definition) is 2. The Morgan fingerprint density at radius 3 is 2.67 bits per heavy atom. The van der Waals surface area contributed by atoms with E-state index in [4.69, 9.17) is 5.73 Å². The molecule has 0 radical (unpaired) electrons. The minimum atomic E-state index is -0.295. The zero-order valence-electron chi connectivity index (χ0n) is 9.95. The lowest BCUT2D eigenvalue weighted by atomic mass is 10.0. The average Bonchev–Trinajstić information content (AvgIpc) is 2.71. The number of rotatable bonds is 2. The van der Waals surface area contributed by atoms with Crippen molar-refractivity contribution < 1.29 is 5.11 Å². The van der Waals surface area contributed by atoms with E-state index >= 15 is 0 Å². The van der Waals surface area contributed by atoms with Crippen LogP contribution in [-0.2, 0) is 0 Å². The summed E-state index contributed by atoms with van der Waals surface area (Å²) in [7, 11) is 0. The zero-order valence-corrected chi connectivity index (χ0v) is 9.95. The van der Waals surface area contributed by atoms with E-state index in [1.165, 1.54) is 13.0 Å². The lowest BCUT2D eigenvalue weighted by Gasteiger charge is -2.30. The highest BCUT2D eigenvalue weighted by atomic mass is 16.3. The molecule has 0 aromatic rings. The van der Waals surface area contributed by atoms with Crippen molar-refractivity contribution in [1.82, 2.24) is 4.90 Å². The van der Waals surface area contributed by atoms with E-state index in [1.807, 2.05) is 0 Å². The molecule has 88 valence electrons. The zero-order chi connectivity index (χ0) is 11.1. The summed E-state index contributed by atoms with van der Waals surface area (Å²) >= 11 is 0. The van der Waals surface area contributed by atoms with E-state index < -0.39 is 0 Å². The first-order valence-corrected chi connectivity index (χ1v) is 6.19. The minimum absolute atomic E-state index is 0.140. The largest absolute Gasteiger partial charge is 0.394 e. The van der Waals surface area contributed by atoms with E-state index in [2.05, 4.69) is 18.7 Å². The normalized spacial score (nSPS) is 47.6. The van der Waals surface area contributed by atoms with Crippen LogP contribution in [0.2, 0.25) is 0 Å². The van der Waals surface area contributed by atoms with E-state index in [0.29, 0.717) is 12.1 Å². The molecule has 0 amide bonds. The fourth-order valence-electron chi connectivity index (χ4n) is 3.40. The summed E-state index contributed by atoms with van der Waals surface area (Å²) in [6.07, 6.45) is 4.42. The Bertz CT molecular complexity index is 234. The van der Waals surface area contributed by atoms with Gasteiger partial charge < -0.3 is 10.8 Å². The summed E-state index contributed by atoms with van der Waals surface area (Å²) in [5.74, 6) is 0.821. The molecule has 3 nitrogen and oxygen atoms in total. The molecule has 0 bridgehead atoms. The second-order valence-electron chi connectivity index (χ2n) is 5.80. The first-order valence-electron chi connectivity index (χ1n) is 6.19. The van der Waals surface area contributed by atoms with Gasteiger partial charge in [0.05, 0.1) is 6.61 Å². The Morgan fingerprint density at radius 1 is 1.47 bits per heavy atom. The molecule has 4 atom stereocenters. The van der Waals surface area contributed by atoms with Crippen molar-refractivity contribution >= 4 is 0 Å². The van der Waals surface area contributed by atoms with Gasteiger partial charge in [-0.3, -0.25) is 4.90 Å². The Labute approximate surface area is 92.6 Å². The van der Waals surface area contributed by atoms with Crippen LogP contribution in [0.4, 0.5) is 0 Å². The third-order valence-corrected chi connectivity index (χ3v) is 4.23. The number of nitrogens with two attached hydrogens (primary N) is 1. The van der Waals surface area contributed by atoms with Gasteiger partial charge in [0.15, 0.2) is 0 Å². The third kappa shape index (κ3) is 2.19. The Kier molecular flexibility index (Phi) is 3.06. The van der Waals surface area contributed by atoms with Gasteiger partial charge in [0, 0.05) is 24.2 Å². The van der Waals surface area contributed by atoms with Crippen LogP contribution < -0.4 is 5.73 Å². The summed E-state index contributed by atoms with van der Waals surface area (Å²) < 4.78 is 0. The highest BCUT2D eigenvalue weighted by Crippen LogP contribution is 2.35. The van der Waals surface area contributed by atoms with E-state index in [-0.39, 0.29) is 12.1 Å². The smallest absolute Gasteiger partial charge is 0.0611 e. The molecule has 3 heteroatoms. The fraction of sp³-hybridized carbons (Fsp3) is 1.00. The maximum Gasteiger partial charge on any atom is 0.0611 e. The Morgan fingerprint density at radius 2 is 2.20 bits per heavy atom. The van der Waals surface area contributed by atoms with Gasteiger partial charge in [-0.15, -0.1) is 0 Å². The molecule has 0 aromatic heterocycles. The molecule has 3 N–H and O–H groups in total. The molecule has 1 saturated carbocycles. The predicted molar refractivity (Wildman–Crippen MR) is 61.6 cm³/mol. The van der Waals surface area contributed by atoms with Crippen LogP contribution in [0.25, 0.3) is 0 Å². The summed E-state index contributed by atoms with van der Waals surface area (Å²) in [4.78, 5) is 2.61.